The van der Waals surface area contributed by atoms with Crippen LogP contribution in [0, 0.1) is 0 Å². The van der Waals surface area contributed by atoms with Gasteiger partial charge in [-0.25, -0.2) is 8.42 Å². The van der Waals surface area contributed by atoms with Crippen molar-refractivity contribution in [2.24, 2.45) is 0 Å². The molecule has 0 unspecified atom stereocenters. The highest BCUT2D eigenvalue weighted by molar-refractivity contribution is 7.89. The van der Waals surface area contributed by atoms with Crippen LogP contribution in [0.2, 0.25) is 0 Å². The van der Waals surface area contributed by atoms with Crippen molar-refractivity contribution in [2.45, 2.75) is 17.9 Å². The molecule has 0 saturated heterocycles. The predicted octanol–water partition coefficient (Wildman–Crippen LogP) is 1.96. The van der Waals surface area contributed by atoms with E-state index in [9.17, 15) is 13.2 Å². The minimum Gasteiger partial charge on any atom is -0.495 e. The van der Waals surface area contributed by atoms with Crippen LogP contribution in [-0.2, 0) is 14.9 Å². The molecule has 0 spiro atoms. The molecule has 0 saturated carbocycles. The van der Waals surface area contributed by atoms with Gasteiger partial charge in [-0.15, -0.1) is 0 Å². The van der Waals surface area contributed by atoms with Gasteiger partial charge in [0, 0.05) is 12.6 Å². The number of hydrogen-bond acceptors (Lipinski definition) is 6. The molecule has 0 aliphatic rings. The van der Waals surface area contributed by atoms with Gasteiger partial charge in [0.2, 0.25) is 0 Å². The molecule has 136 valence electrons. The first kappa shape index (κ1) is 19.0. The topological polar surface area (TPSA) is 98.1 Å². The average Bonchev–Trinajstić information content (AvgIpc) is 3.14. The average molecular weight is 368 g/mol. The number of ether oxygens (including phenoxy) is 1. The minimum atomic E-state index is -3.97. The molecule has 1 atom stereocenters. The summed E-state index contributed by atoms with van der Waals surface area (Å²) in [5.74, 6) is 0.261. The molecule has 0 fully saturated rings. The van der Waals surface area contributed by atoms with E-state index in [1.165, 1.54) is 45.7 Å². The van der Waals surface area contributed by atoms with Crippen LogP contribution in [0.4, 0.5) is 0 Å². The second-order valence-electron chi connectivity index (χ2n) is 5.17. The smallest absolute Gasteiger partial charge is 0.268 e. The molecule has 2 rings (SSSR count). The Kier molecular flexibility index (Phi) is 5.83. The van der Waals surface area contributed by atoms with E-state index in [1.807, 2.05) is 0 Å². The summed E-state index contributed by atoms with van der Waals surface area (Å²) in [6.45, 7) is 1.76. The fourth-order valence-electron chi connectivity index (χ4n) is 2.14. The van der Waals surface area contributed by atoms with Gasteiger partial charge in [0.05, 0.1) is 26.5 Å². The monoisotopic (exact) mass is 368 g/mol. The van der Waals surface area contributed by atoms with Gasteiger partial charge in [-0.3, -0.25) is 9.63 Å². The van der Waals surface area contributed by atoms with Crippen molar-refractivity contribution in [3.05, 3.63) is 47.9 Å². The summed E-state index contributed by atoms with van der Waals surface area (Å²) in [6.07, 6.45) is 1.51. The fraction of sp³-hybridized carbons (Fsp3) is 0.312. The number of benzene rings is 1. The SMILES string of the molecule is COc1ccc(C(=O)N[C@@H](C)c2ccco2)cc1S(=O)(=O)N(C)OC. The first-order valence-corrected chi connectivity index (χ1v) is 8.80. The van der Waals surface area contributed by atoms with Gasteiger partial charge in [-0.1, -0.05) is 4.47 Å². The second kappa shape index (κ2) is 7.68. The standard InChI is InChI=1S/C16H20N2O6S/c1-11(13-6-5-9-24-13)17-16(19)12-7-8-14(22-3)15(10-12)25(20,21)18(2)23-4/h5-11H,1-4H3,(H,17,19)/t11-/m0/s1. The molecule has 8 nitrogen and oxygen atoms in total. The van der Waals surface area contributed by atoms with E-state index < -0.39 is 15.9 Å². The van der Waals surface area contributed by atoms with Crippen molar-refractivity contribution in [2.75, 3.05) is 21.3 Å². The van der Waals surface area contributed by atoms with Crippen LogP contribution in [0.15, 0.2) is 45.9 Å². The molecule has 1 N–H and O–H groups in total. The Bertz CT molecular complexity index is 832. The van der Waals surface area contributed by atoms with Crippen molar-refractivity contribution in [1.82, 2.24) is 9.79 Å². The van der Waals surface area contributed by atoms with Crippen LogP contribution in [-0.4, -0.2) is 40.1 Å². The highest BCUT2D eigenvalue weighted by atomic mass is 32.2. The molecule has 9 heteroatoms. The summed E-state index contributed by atoms with van der Waals surface area (Å²) < 4.78 is 36.0. The van der Waals surface area contributed by atoms with Gasteiger partial charge < -0.3 is 14.5 Å². The van der Waals surface area contributed by atoms with Crippen LogP contribution in [0.3, 0.4) is 0 Å². The normalized spacial score (nSPS) is 12.8. The number of rotatable bonds is 7. The molecule has 2 aromatic rings. The summed E-state index contributed by atoms with van der Waals surface area (Å²) in [5, 5.41) is 2.74. The molecular formula is C16H20N2O6S. The summed E-state index contributed by atoms with van der Waals surface area (Å²) >= 11 is 0. The Hall–Kier alpha value is -2.36. The Balaban J connectivity index is 2.34. The number of hydrogen-bond donors (Lipinski definition) is 1. The lowest BCUT2D eigenvalue weighted by Gasteiger charge is -2.17. The van der Waals surface area contributed by atoms with Crippen molar-refractivity contribution in [1.29, 1.82) is 0 Å². The number of furan rings is 1. The van der Waals surface area contributed by atoms with Gasteiger partial charge in [0.15, 0.2) is 0 Å². The number of nitrogens with zero attached hydrogens (tertiary/aromatic N) is 1. The lowest BCUT2D eigenvalue weighted by atomic mass is 10.1. The van der Waals surface area contributed by atoms with Gasteiger partial charge in [0.25, 0.3) is 15.9 Å². The maximum atomic E-state index is 12.5. The maximum absolute atomic E-state index is 12.5. The molecule has 1 heterocycles. The van der Waals surface area contributed by atoms with Gasteiger partial charge in [-0.05, 0) is 37.3 Å². The van der Waals surface area contributed by atoms with Crippen LogP contribution >= 0.6 is 0 Å². The molecule has 25 heavy (non-hydrogen) atoms. The summed E-state index contributed by atoms with van der Waals surface area (Å²) in [7, 11) is -0.147. The van der Waals surface area contributed by atoms with E-state index in [1.54, 1.807) is 19.1 Å². The van der Waals surface area contributed by atoms with E-state index in [0.29, 0.717) is 10.2 Å². The first-order chi connectivity index (χ1) is 11.8. The van der Waals surface area contributed by atoms with Gasteiger partial charge >= 0.3 is 0 Å². The molecule has 0 aliphatic carbocycles. The third-order valence-corrected chi connectivity index (χ3v) is 5.32. The van der Waals surface area contributed by atoms with E-state index in [4.69, 9.17) is 14.0 Å². The van der Waals surface area contributed by atoms with Crippen LogP contribution < -0.4 is 10.1 Å². The predicted molar refractivity (Wildman–Crippen MR) is 89.5 cm³/mol. The zero-order valence-corrected chi connectivity index (χ0v) is 15.2. The Morgan fingerprint density at radius 1 is 1.28 bits per heavy atom. The van der Waals surface area contributed by atoms with E-state index in [2.05, 4.69) is 5.32 Å². The second-order valence-corrected chi connectivity index (χ2v) is 7.08. The van der Waals surface area contributed by atoms with Crippen molar-refractivity contribution < 1.29 is 27.2 Å². The molecule has 1 aromatic heterocycles. The first-order valence-electron chi connectivity index (χ1n) is 7.36. The molecule has 0 aliphatic heterocycles. The number of methoxy groups -OCH3 is 1. The molecule has 0 radical (unpaired) electrons. The minimum absolute atomic E-state index is 0.111. The zero-order chi connectivity index (χ0) is 18.6. The molecule has 1 aromatic carbocycles. The molecule has 1 amide bonds. The van der Waals surface area contributed by atoms with Gasteiger partial charge in [0.1, 0.15) is 16.4 Å². The lowest BCUT2D eigenvalue weighted by molar-refractivity contribution is -0.0259. The van der Waals surface area contributed by atoms with E-state index in [-0.39, 0.29) is 22.3 Å². The van der Waals surface area contributed by atoms with Crippen LogP contribution in [0.25, 0.3) is 0 Å². The fourth-order valence-corrected chi connectivity index (χ4v) is 3.30. The number of nitrogens with one attached hydrogen (secondary N) is 1. The number of carbonyl (C=O) groups excluding carboxylic acids is 1. The van der Waals surface area contributed by atoms with Crippen LogP contribution in [0.5, 0.6) is 5.75 Å². The largest absolute Gasteiger partial charge is 0.495 e. The van der Waals surface area contributed by atoms with Crippen molar-refractivity contribution >= 4 is 15.9 Å². The summed E-state index contributed by atoms with van der Waals surface area (Å²) in [4.78, 5) is 17.0. The number of sulfonamides is 1. The Morgan fingerprint density at radius 2 is 2.00 bits per heavy atom. The summed E-state index contributed by atoms with van der Waals surface area (Å²) in [5.41, 5.74) is 0.169. The highest BCUT2D eigenvalue weighted by Crippen LogP contribution is 2.27. The molecular weight excluding hydrogens is 348 g/mol. The van der Waals surface area contributed by atoms with E-state index in [0.717, 1.165) is 0 Å². The maximum Gasteiger partial charge on any atom is 0.268 e. The Morgan fingerprint density at radius 3 is 2.56 bits per heavy atom. The van der Waals surface area contributed by atoms with Crippen LogP contribution in [0.1, 0.15) is 29.1 Å². The van der Waals surface area contributed by atoms with Crippen molar-refractivity contribution in [3.63, 3.8) is 0 Å². The number of carbonyl (C=O) groups is 1. The van der Waals surface area contributed by atoms with E-state index >= 15 is 0 Å². The summed E-state index contributed by atoms with van der Waals surface area (Å²) in [6, 6.07) is 7.23. The lowest BCUT2D eigenvalue weighted by Crippen LogP contribution is -2.28. The number of hydroxylamine groups is 1. The number of amides is 1. The highest BCUT2D eigenvalue weighted by Gasteiger charge is 2.26. The molecule has 0 bridgehead atoms. The third kappa shape index (κ3) is 4.01. The third-order valence-electron chi connectivity index (χ3n) is 3.62. The Labute approximate surface area is 146 Å². The van der Waals surface area contributed by atoms with Gasteiger partial charge in [-0.2, -0.15) is 0 Å². The quantitative estimate of drug-likeness (QED) is 0.750. The van der Waals surface area contributed by atoms with Crippen molar-refractivity contribution in [3.8, 4) is 5.75 Å². The zero-order valence-electron chi connectivity index (χ0n) is 14.3.